The zero-order valence-corrected chi connectivity index (χ0v) is 13.2. The lowest BCUT2D eigenvalue weighted by atomic mass is 10.0. The molecule has 1 aliphatic heterocycles. The normalized spacial score (nSPS) is 16.5. The molecule has 4 nitrogen and oxygen atoms in total. The summed E-state index contributed by atoms with van der Waals surface area (Å²) in [7, 11) is 0. The average Bonchev–Trinajstić information content (AvgIpc) is 2.52. The molecule has 0 aromatic heterocycles. The van der Waals surface area contributed by atoms with Crippen molar-refractivity contribution in [2.45, 2.75) is 32.6 Å². The molecular weight excluding hydrogens is 262 g/mol. The summed E-state index contributed by atoms with van der Waals surface area (Å²) >= 11 is 0. The van der Waals surface area contributed by atoms with Crippen LogP contribution in [0.4, 0.5) is 0 Å². The van der Waals surface area contributed by atoms with Crippen LogP contribution in [0.25, 0.3) is 0 Å². The third kappa shape index (κ3) is 5.05. The number of morpholine rings is 1. The number of rotatable bonds is 5. The molecule has 21 heavy (non-hydrogen) atoms. The van der Waals surface area contributed by atoms with E-state index in [1.165, 1.54) is 11.1 Å². The van der Waals surface area contributed by atoms with Crippen LogP contribution >= 0.6 is 0 Å². The molecule has 0 saturated carbocycles. The van der Waals surface area contributed by atoms with E-state index in [-0.39, 0.29) is 0 Å². The number of aryl methyl sites for hydroxylation is 1. The van der Waals surface area contributed by atoms with Crippen molar-refractivity contribution in [1.82, 2.24) is 4.90 Å². The summed E-state index contributed by atoms with van der Waals surface area (Å²) in [5.74, 6) is 1.26. The van der Waals surface area contributed by atoms with E-state index in [0.29, 0.717) is 11.9 Å². The van der Waals surface area contributed by atoms with Crippen LogP contribution in [0.3, 0.4) is 0 Å². The Hall–Kier alpha value is -1.55. The number of aliphatic imine (C=N–C) groups is 1. The van der Waals surface area contributed by atoms with Crippen LogP contribution in [-0.2, 0) is 11.2 Å². The topological polar surface area (TPSA) is 50.8 Å². The van der Waals surface area contributed by atoms with Crippen LogP contribution in [0.15, 0.2) is 29.3 Å². The molecule has 1 aliphatic rings. The zero-order chi connectivity index (χ0) is 15.1. The predicted molar refractivity (Wildman–Crippen MR) is 87.7 cm³/mol. The first-order valence-corrected chi connectivity index (χ1v) is 7.88. The van der Waals surface area contributed by atoms with Crippen LogP contribution in [-0.4, -0.2) is 43.7 Å². The molecule has 0 amide bonds. The first kappa shape index (κ1) is 15.8. The maximum absolute atomic E-state index is 6.00. The molecule has 0 radical (unpaired) electrons. The van der Waals surface area contributed by atoms with Gasteiger partial charge >= 0.3 is 0 Å². The van der Waals surface area contributed by atoms with Crippen LogP contribution in [0, 0.1) is 0 Å². The predicted octanol–water partition coefficient (Wildman–Crippen LogP) is 2.39. The van der Waals surface area contributed by atoms with Gasteiger partial charge in [0.05, 0.1) is 13.2 Å². The molecule has 0 atom stereocenters. The fraction of sp³-hybridized carbons (Fsp3) is 0.588. The van der Waals surface area contributed by atoms with Crippen molar-refractivity contribution in [2.24, 2.45) is 10.7 Å². The summed E-state index contributed by atoms with van der Waals surface area (Å²) in [5, 5.41) is 0. The number of hydrogen-bond acceptors (Lipinski definition) is 2. The summed E-state index contributed by atoms with van der Waals surface area (Å²) in [6.45, 7) is 8.43. The fourth-order valence-corrected chi connectivity index (χ4v) is 2.44. The molecule has 2 N–H and O–H groups in total. The van der Waals surface area contributed by atoms with E-state index in [1.54, 1.807) is 0 Å². The second-order valence-electron chi connectivity index (χ2n) is 5.84. The molecule has 1 fully saturated rings. The highest BCUT2D eigenvalue weighted by Gasteiger charge is 2.11. The third-order valence-corrected chi connectivity index (χ3v) is 3.88. The molecule has 1 saturated heterocycles. The molecule has 0 aliphatic carbocycles. The molecular formula is C17H27N3O. The summed E-state index contributed by atoms with van der Waals surface area (Å²) in [4.78, 5) is 6.57. The van der Waals surface area contributed by atoms with Gasteiger partial charge in [-0.2, -0.15) is 0 Å². The Morgan fingerprint density at radius 3 is 2.52 bits per heavy atom. The van der Waals surface area contributed by atoms with Gasteiger partial charge in [0.15, 0.2) is 5.96 Å². The molecule has 0 bridgehead atoms. The molecule has 1 heterocycles. The highest BCUT2D eigenvalue weighted by atomic mass is 16.5. The molecule has 0 spiro atoms. The lowest BCUT2D eigenvalue weighted by Crippen LogP contribution is -2.44. The zero-order valence-electron chi connectivity index (χ0n) is 13.2. The smallest absolute Gasteiger partial charge is 0.191 e. The van der Waals surface area contributed by atoms with Crippen molar-refractivity contribution in [2.75, 3.05) is 32.8 Å². The van der Waals surface area contributed by atoms with E-state index >= 15 is 0 Å². The summed E-state index contributed by atoms with van der Waals surface area (Å²) in [5.41, 5.74) is 8.77. The van der Waals surface area contributed by atoms with E-state index in [9.17, 15) is 0 Å². The van der Waals surface area contributed by atoms with Crippen molar-refractivity contribution >= 4 is 5.96 Å². The van der Waals surface area contributed by atoms with Gasteiger partial charge in [-0.25, -0.2) is 0 Å². The minimum atomic E-state index is 0.594. The fourth-order valence-electron chi connectivity index (χ4n) is 2.44. The lowest BCUT2D eigenvalue weighted by molar-refractivity contribution is 0.0674. The number of ether oxygens (including phenoxy) is 1. The maximum Gasteiger partial charge on any atom is 0.191 e. The number of benzene rings is 1. The van der Waals surface area contributed by atoms with Gasteiger partial charge < -0.3 is 15.4 Å². The van der Waals surface area contributed by atoms with Gasteiger partial charge in [0.1, 0.15) is 0 Å². The lowest BCUT2D eigenvalue weighted by Gasteiger charge is -2.27. The number of guanidine groups is 1. The van der Waals surface area contributed by atoms with E-state index in [1.807, 2.05) is 0 Å². The van der Waals surface area contributed by atoms with E-state index in [0.717, 1.165) is 45.7 Å². The number of nitrogens with zero attached hydrogens (tertiary/aromatic N) is 2. The van der Waals surface area contributed by atoms with Gasteiger partial charge in [-0.3, -0.25) is 4.99 Å². The standard InChI is InChI=1S/C17H27N3O/c1-14(2)16-7-5-15(6-8-16)4-3-9-19-17(18)20-10-12-21-13-11-20/h5-8,14H,3-4,9-13H2,1-2H3,(H2,18,19). The van der Waals surface area contributed by atoms with Crippen LogP contribution < -0.4 is 5.73 Å². The summed E-state index contributed by atoms with van der Waals surface area (Å²) < 4.78 is 5.31. The molecule has 0 unspecified atom stereocenters. The van der Waals surface area contributed by atoms with E-state index < -0.39 is 0 Å². The molecule has 1 aromatic rings. The Morgan fingerprint density at radius 1 is 1.24 bits per heavy atom. The molecule has 116 valence electrons. The van der Waals surface area contributed by atoms with Gasteiger partial charge in [0.25, 0.3) is 0 Å². The maximum atomic E-state index is 6.00. The second kappa shape index (κ2) is 8.03. The monoisotopic (exact) mass is 289 g/mol. The molecule has 1 aromatic carbocycles. The summed E-state index contributed by atoms with van der Waals surface area (Å²) in [6, 6.07) is 8.91. The van der Waals surface area contributed by atoms with Crippen molar-refractivity contribution in [1.29, 1.82) is 0 Å². The Labute approximate surface area is 128 Å². The summed E-state index contributed by atoms with van der Waals surface area (Å²) in [6.07, 6.45) is 2.09. The number of hydrogen-bond donors (Lipinski definition) is 1. The molecule has 4 heteroatoms. The Balaban J connectivity index is 1.73. The van der Waals surface area contributed by atoms with Gasteiger partial charge in [-0.05, 0) is 29.9 Å². The average molecular weight is 289 g/mol. The van der Waals surface area contributed by atoms with Gasteiger partial charge in [-0.15, -0.1) is 0 Å². The van der Waals surface area contributed by atoms with Crippen molar-refractivity contribution < 1.29 is 4.74 Å². The van der Waals surface area contributed by atoms with Crippen molar-refractivity contribution in [3.63, 3.8) is 0 Å². The van der Waals surface area contributed by atoms with Crippen molar-refractivity contribution in [3.05, 3.63) is 35.4 Å². The van der Waals surface area contributed by atoms with E-state index in [4.69, 9.17) is 10.5 Å². The van der Waals surface area contributed by atoms with Crippen LogP contribution in [0.2, 0.25) is 0 Å². The Morgan fingerprint density at radius 2 is 1.90 bits per heavy atom. The Kier molecular flexibility index (Phi) is 6.05. The van der Waals surface area contributed by atoms with Gasteiger partial charge in [-0.1, -0.05) is 38.1 Å². The highest BCUT2D eigenvalue weighted by Crippen LogP contribution is 2.15. The second-order valence-corrected chi connectivity index (χ2v) is 5.84. The largest absolute Gasteiger partial charge is 0.378 e. The Bertz CT molecular complexity index is 448. The highest BCUT2D eigenvalue weighted by molar-refractivity contribution is 5.78. The minimum absolute atomic E-state index is 0.594. The quantitative estimate of drug-likeness (QED) is 0.514. The van der Waals surface area contributed by atoms with Crippen molar-refractivity contribution in [3.8, 4) is 0 Å². The minimum Gasteiger partial charge on any atom is -0.378 e. The van der Waals surface area contributed by atoms with Crippen LogP contribution in [0.5, 0.6) is 0 Å². The van der Waals surface area contributed by atoms with E-state index in [2.05, 4.69) is 48.0 Å². The van der Waals surface area contributed by atoms with Crippen LogP contribution in [0.1, 0.15) is 37.3 Å². The first-order valence-electron chi connectivity index (χ1n) is 7.88. The molecule has 2 rings (SSSR count). The number of nitrogens with two attached hydrogens (primary N) is 1. The third-order valence-electron chi connectivity index (χ3n) is 3.88. The first-order chi connectivity index (χ1) is 10.2. The van der Waals surface area contributed by atoms with Gasteiger partial charge in [0, 0.05) is 19.6 Å². The van der Waals surface area contributed by atoms with Gasteiger partial charge in [0.2, 0.25) is 0 Å². The SMILES string of the molecule is CC(C)c1ccc(CCCN=C(N)N2CCOCC2)cc1.